The van der Waals surface area contributed by atoms with Crippen LogP contribution in [0.4, 0.5) is 0 Å². The first-order valence-electron chi connectivity index (χ1n) is 11.0. The molecule has 0 saturated heterocycles. The van der Waals surface area contributed by atoms with Gasteiger partial charge in [-0.2, -0.15) is 0 Å². The highest BCUT2D eigenvalue weighted by Gasteiger charge is 2.24. The molecule has 0 aliphatic heterocycles. The molecule has 1 heterocycles. The summed E-state index contributed by atoms with van der Waals surface area (Å²) in [6, 6.07) is 4.18. The first kappa shape index (κ1) is 25.2. The van der Waals surface area contributed by atoms with Gasteiger partial charge in [0.05, 0.1) is 27.6 Å². The van der Waals surface area contributed by atoms with Gasteiger partial charge in [-0.05, 0) is 31.4 Å². The molecule has 166 valence electrons. The number of furan rings is 1. The van der Waals surface area contributed by atoms with Crippen LogP contribution >= 0.6 is 0 Å². The van der Waals surface area contributed by atoms with Crippen LogP contribution in [-0.2, 0) is 27.2 Å². The van der Waals surface area contributed by atoms with E-state index in [4.69, 9.17) is 14.3 Å². The van der Waals surface area contributed by atoms with Gasteiger partial charge in [0.25, 0.3) is 0 Å². The second-order valence-electron chi connectivity index (χ2n) is 8.92. The van der Waals surface area contributed by atoms with Gasteiger partial charge >= 0.3 is 11.9 Å². The zero-order valence-electron chi connectivity index (χ0n) is 18.7. The fourth-order valence-electron chi connectivity index (χ4n) is 3.33. The van der Waals surface area contributed by atoms with Crippen molar-refractivity contribution in [2.45, 2.75) is 83.7 Å². The number of esters is 1. The highest BCUT2D eigenvalue weighted by Crippen LogP contribution is 2.15. The molecule has 0 saturated carbocycles. The van der Waals surface area contributed by atoms with E-state index in [-0.39, 0.29) is 12.4 Å². The van der Waals surface area contributed by atoms with Crippen molar-refractivity contribution >= 4 is 11.9 Å². The van der Waals surface area contributed by atoms with Crippen LogP contribution in [0.3, 0.4) is 0 Å². The van der Waals surface area contributed by atoms with Crippen molar-refractivity contribution in [1.82, 2.24) is 0 Å². The standard InChI is InChI=1S/C23H39NO5/c1-5-6-12-19-15-16-20(28-19)13-10-8-7-9-11-14-23(27)29-21(17-22(25)26)18-24(2,3)4/h15-16,21H,5-14,17-18H2,1-4H3/p+1. The van der Waals surface area contributed by atoms with Crippen LogP contribution in [0.2, 0.25) is 0 Å². The number of ether oxygens (including phenoxy) is 1. The Hall–Kier alpha value is -1.82. The Labute approximate surface area is 175 Å². The number of quaternary nitrogens is 1. The summed E-state index contributed by atoms with van der Waals surface area (Å²) in [5.74, 6) is 0.929. The first-order chi connectivity index (χ1) is 13.7. The van der Waals surface area contributed by atoms with Crippen molar-refractivity contribution in [2.75, 3.05) is 27.7 Å². The fraction of sp³-hybridized carbons (Fsp3) is 0.739. The van der Waals surface area contributed by atoms with E-state index in [2.05, 4.69) is 19.1 Å². The van der Waals surface area contributed by atoms with E-state index in [9.17, 15) is 9.59 Å². The third-order valence-corrected chi connectivity index (χ3v) is 4.75. The van der Waals surface area contributed by atoms with Crippen LogP contribution < -0.4 is 0 Å². The molecule has 6 heteroatoms. The van der Waals surface area contributed by atoms with Crippen molar-refractivity contribution in [3.05, 3.63) is 23.7 Å². The van der Waals surface area contributed by atoms with E-state index >= 15 is 0 Å². The van der Waals surface area contributed by atoms with Gasteiger partial charge in [0, 0.05) is 19.3 Å². The molecule has 0 aromatic carbocycles. The molecule has 6 nitrogen and oxygen atoms in total. The third-order valence-electron chi connectivity index (χ3n) is 4.75. The summed E-state index contributed by atoms with van der Waals surface area (Å²) in [4.78, 5) is 23.0. The van der Waals surface area contributed by atoms with Gasteiger partial charge < -0.3 is 18.7 Å². The Balaban J connectivity index is 2.14. The van der Waals surface area contributed by atoms with Gasteiger partial charge in [-0.15, -0.1) is 0 Å². The maximum absolute atomic E-state index is 12.0. The van der Waals surface area contributed by atoms with Crippen LogP contribution in [0.5, 0.6) is 0 Å². The number of nitrogens with zero attached hydrogens (tertiary/aromatic N) is 1. The molecule has 1 unspecified atom stereocenters. The quantitative estimate of drug-likeness (QED) is 0.245. The van der Waals surface area contributed by atoms with Crippen molar-refractivity contribution in [3.63, 3.8) is 0 Å². The van der Waals surface area contributed by atoms with Gasteiger partial charge in [0.2, 0.25) is 0 Å². The van der Waals surface area contributed by atoms with E-state index in [0.29, 0.717) is 17.4 Å². The van der Waals surface area contributed by atoms with Crippen LogP contribution in [-0.4, -0.2) is 55.3 Å². The molecular weight excluding hydrogens is 370 g/mol. The maximum atomic E-state index is 12.0. The highest BCUT2D eigenvalue weighted by molar-refractivity contribution is 5.71. The number of carboxylic acids is 1. The van der Waals surface area contributed by atoms with Crippen molar-refractivity contribution in [2.24, 2.45) is 0 Å². The molecule has 29 heavy (non-hydrogen) atoms. The van der Waals surface area contributed by atoms with Crippen LogP contribution in [0.25, 0.3) is 0 Å². The molecule has 0 aliphatic rings. The van der Waals surface area contributed by atoms with Crippen LogP contribution in [0, 0.1) is 0 Å². The first-order valence-corrected chi connectivity index (χ1v) is 11.0. The van der Waals surface area contributed by atoms with Gasteiger partial charge in [-0.3, -0.25) is 9.59 Å². The average Bonchev–Trinajstić information content (AvgIpc) is 3.04. The number of carboxylic acid groups (broad SMARTS) is 1. The Morgan fingerprint density at radius 3 is 2.17 bits per heavy atom. The number of likely N-dealkylation sites (N-methyl/N-ethyl adjacent to an activating group) is 1. The molecule has 0 bridgehead atoms. The number of aryl methyl sites for hydroxylation is 2. The predicted octanol–water partition coefficient (Wildman–Crippen LogP) is 4.60. The Kier molecular flexibility index (Phi) is 11.7. The lowest BCUT2D eigenvalue weighted by Crippen LogP contribution is -2.43. The minimum atomic E-state index is -0.940. The van der Waals surface area contributed by atoms with Gasteiger partial charge in [-0.25, -0.2) is 0 Å². The van der Waals surface area contributed by atoms with Crippen molar-refractivity contribution < 1.29 is 28.3 Å². The van der Waals surface area contributed by atoms with Crippen LogP contribution in [0.1, 0.15) is 76.2 Å². The minimum absolute atomic E-state index is 0.145. The van der Waals surface area contributed by atoms with E-state index in [1.807, 2.05) is 21.1 Å². The van der Waals surface area contributed by atoms with E-state index in [1.54, 1.807) is 0 Å². The maximum Gasteiger partial charge on any atom is 0.307 e. The number of carbonyl (C=O) groups excluding carboxylic acids is 1. The zero-order chi connectivity index (χ0) is 21.7. The summed E-state index contributed by atoms with van der Waals surface area (Å²) >= 11 is 0. The summed E-state index contributed by atoms with van der Waals surface area (Å²) in [6.07, 6.45) is 9.02. The number of carbonyl (C=O) groups is 2. The number of unbranched alkanes of at least 4 members (excludes halogenated alkanes) is 5. The topological polar surface area (TPSA) is 76.7 Å². The monoisotopic (exact) mass is 410 g/mol. The number of hydrogen-bond donors (Lipinski definition) is 1. The number of rotatable bonds is 16. The summed E-state index contributed by atoms with van der Waals surface area (Å²) in [7, 11) is 5.87. The van der Waals surface area contributed by atoms with E-state index in [1.165, 1.54) is 12.8 Å². The lowest BCUT2D eigenvalue weighted by Gasteiger charge is -2.28. The molecule has 0 radical (unpaired) electrons. The lowest BCUT2D eigenvalue weighted by molar-refractivity contribution is -0.873. The Morgan fingerprint density at radius 2 is 1.59 bits per heavy atom. The van der Waals surface area contributed by atoms with Crippen molar-refractivity contribution in [3.8, 4) is 0 Å². The summed E-state index contributed by atoms with van der Waals surface area (Å²) in [5, 5.41) is 9.01. The van der Waals surface area contributed by atoms with E-state index < -0.39 is 12.1 Å². The number of aliphatic carboxylic acids is 1. The molecular formula is C23H40NO5+. The second kappa shape index (κ2) is 13.4. The molecule has 0 aliphatic carbocycles. The average molecular weight is 411 g/mol. The number of hydrogen-bond acceptors (Lipinski definition) is 4. The molecule has 1 atom stereocenters. The zero-order valence-corrected chi connectivity index (χ0v) is 18.7. The van der Waals surface area contributed by atoms with Gasteiger partial charge in [0.15, 0.2) is 6.10 Å². The molecule has 0 spiro atoms. The second-order valence-corrected chi connectivity index (χ2v) is 8.92. The summed E-state index contributed by atoms with van der Waals surface area (Å²) in [6.45, 7) is 2.67. The SMILES string of the molecule is CCCCc1ccc(CCCCCCCC(=O)OC(CC(=O)O)C[N+](C)(C)C)o1. The minimum Gasteiger partial charge on any atom is -0.481 e. The molecule has 1 aromatic rings. The lowest BCUT2D eigenvalue weighted by atomic mass is 10.1. The normalized spacial score (nSPS) is 12.7. The Morgan fingerprint density at radius 1 is 1.00 bits per heavy atom. The summed E-state index contributed by atoms with van der Waals surface area (Å²) < 4.78 is 11.8. The largest absolute Gasteiger partial charge is 0.481 e. The fourth-order valence-corrected chi connectivity index (χ4v) is 3.33. The third kappa shape index (κ3) is 13.1. The Bertz CT molecular complexity index is 603. The van der Waals surface area contributed by atoms with Gasteiger partial charge in [0.1, 0.15) is 18.1 Å². The van der Waals surface area contributed by atoms with Crippen LogP contribution in [0.15, 0.2) is 16.5 Å². The summed E-state index contributed by atoms with van der Waals surface area (Å²) in [5.41, 5.74) is 0. The van der Waals surface area contributed by atoms with E-state index in [0.717, 1.165) is 56.5 Å². The highest BCUT2D eigenvalue weighted by atomic mass is 16.5. The molecule has 0 fully saturated rings. The molecule has 1 N–H and O–H groups in total. The smallest absolute Gasteiger partial charge is 0.307 e. The molecule has 1 rings (SSSR count). The predicted molar refractivity (Wildman–Crippen MR) is 114 cm³/mol. The molecule has 1 aromatic heterocycles. The van der Waals surface area contributed by atoms with Crippen molar-refractivity contribution in [1.29, 1.82) is 0 Å². The molecule has 0 amide bonds. The van der Waals surface area contributed by atoms with Gasteiger partial charge in [-0.1, -0.05) is 32.6 Å².